The average molecular weight is 476 g/mol. The quantitative estimate of drug-likeness (QED) is 0.441. The van der Waals surface area contributed by atoms with Crippen molar-refractivity contribution in [2.75, 3.05) is 25.6 Å². The second-order valence-electron chi connectivity index (χ2n) is 8.24. The summed E-state index contributed by atoms with van der Waals surface area (Å²) in [6, 6.07) is 9.07. The van der Waals surface area contributed by atoms with Gasteiger partial charge in [-0.1, -0.05) is 0 Å². The molecule has 0 aliphatic rings. The number of sulfonamides is 1. The second-order valence-corrected chi connectivity index (χ2v) is 10.2. The first-order valence-corrected chi connectivity index (χ1v) is 11.5. The lowest BCUT2D eigenvalue weighted by molar-refractivity contribution is -0.148. The van der Waals surface area contributed by atoms with E-state index in [9.17, 15) is 18.0 Å². The Balaban J connectivity index is 2.51. The van der Waals surface area contributed by atoms with Gasteiger partial charge in [-0.2, -0.15) is 0 Å². The molecular weight excluding hydrogens is 446 g/mol. The molecule has 0 saturated carbocycles. The number of carbonyl (C=O) groups is 2. The fraction of sp³-hybridized carbons (Fsp3) is 0.333. The highest BCUT2D eigenvalue weighted by Crippen LogP contribution is 2.32. The molecular formula is C24H29NO7S. The minimum Gasteiger partial charge on any atom is -0.497 e. The van der Waals surface area contributed by atoms with Crippen molar-refractivity contribution in [1.29, 1.82) is 0 Å². The van der Waals surface area contributed by atoms with Gasteiger partial charge in [0.1, 0.15) is 11.4 Å². The maximum Gasteiger partial charge on any atom is 0.340 e. The molecule has 0 heterocycles. The highest BCUT2D eigenvalue weighted by molar-refractivity contribution is 7.92. The van der Waals surface area contributed by atoms with Crippen molar-refractivity contribution in [3.8, 4) is 5.75 Å². The van der Waals surface area contributed by atoms with Gasteiger partial charge < -0.3 is 14.2 Å². The van der Waals surface area contributed by atoms with Crippen LogP contribution in [0.15, 0.2) is 47.4 Å². The normalized spacial score (nSPS) is 11.8. The van der Waals surface area contributed by atoms with E-state index in [1.807, 2.05) is 0 Å². The molecule has 0 radical (unpaired) electrons. The lowest BCUT2D eigenvalue weighted by Gasteiger charge is -2.24. The van der Waals surface area contributed by atoms with Gasteiger partial charge in [0.15, 0.2) is 0 Å². The molecule has 2 aromatic rings. The zero-order chi connectivity index (χ0) is 25.0. The van der Waals surface area contributed by atoms with Crippen LogP contribution < -0.4 is 9.04 Å². The third-order valence-corrected chi connectivity index (χ3v) is 6.35. The minimum absolute atomic E-state index is 0.0370. The Morgan fingerprint density at radius 1 is 1.03 bits per heavy atom. The molecule has 0 unspecified atom stereocenters. The van der Waals surface area contributed by atoms with E-state index in [-0.39, 0.29) is 16.1 Å². The molecule has 0 bridgehead atoms. The van der Waals surface area contributed by atoms with E-state index in [2.05, 4.69) is 0 Å². The van der Waals surface area contributed by atoms with Crippen LogP contribution in [0.25, 0.3) is 6.08 Å². The zero-order valence-corrected chi connectivity index (χ0v) is 20.6. The number of esters is 2. The number of rotatable bonds is 7. The number of ether oxygens (including phenoxy) is 3. The SMILES string of the molecule is COC(=O)c1cc(C=CC(=O)OC(C)(C)C)cc(C)c1N(C)S(=O)(=O)c1ccc(OC)cc1. The van der Waals surface area contributed by atoms with Gasteiger partial charge >= 0.3 is 11.9 Å². The van der Waals surface area contributed by atoms with Gasteiger partial charge in [-0.15, -0.1) is 0 Å². The molecule has 0 spiro atoms. The molecule has 33 heavy (non-hydrogen) atoms. The maximum atomic E-state index is 13.2. The Labute approximate surface area is 194 Å². The summed E-state index contributed by atoms with van der Waals surface area (Å²) in [6.45, 7) is 6.94. The number of hydrogen-bond acceptors (Lipinski definition) is 7. The van der Waals surface area contributed by atoms with Crippen LogP contribution in [0.5, 0.6) is 5.75 Å². The van der Waals surface area contributed by atoms with E-state index in [4.69, 9.17) is 14.2 Å². The third kappa shape index (κ3) is 6.35. The van der Waals surface area contributed by atoms with Crippen molar-refractivity contribution in [3.63, 3.8) is 0 Å². The summed E-state index contributed by atoms with van der Waals surface area (Å²) < 4.78 is 42.7. The molecule has 0 N–H and O–H groups in total. The largest absolute Gasteiger partial charge is 0.497 e. The van der Waals surface area contributed by atoms with Crippen LogP contribution in [0.4, 0.5) is 5.69 Å². The third-order valence-electron chi connectivity index (χ3n) is 4.58. The van der Waals surface area contributed by atoms with Crippen LogP contribution in [-0.4, -0.2) is 47.2 Å². The Bertz CT molecular complexity index is 1160. The highest BCUT2D eigenvalue weighted by atomic mass is 32.2. The van der Waals surface area contributed by atoms with E-state index in [0.29, 0.717) is 16.9 Å². The molecule has 2 aromatic carbocycles. The molecule has 0 saturated heterocycles. The van der Waals surface area contributed by atoms with Crippen LogP contribution in [0.1, 0.15) is 42.3 Å². The molecule has 8 nitrogen and oxygen atoms in total. The van der Waals surface area contributed by atoms with Crippen LogP contribution in [0.2, 0.25) is 0 Å². The first kappa shape index (κ1) is 25.9. The Kier molecular flexibility index (Phi) is 7.92. The molecule has 0 fully saturated rings. The smallest absolute Gasteiger partial charge is 0.340 e. The van der Waals surface area contributed by atoms with Crippen molar-refractivity contribution in [2.45, 2.75) is 38.2 Å². The van der Waals surface area contributed by atoms with E-state index >= 15 is 0 Å². The molecule has 0 aliphatic carbocycles. The van der Waals surface area contributed by atoms with E-state index < -0.39 is 27.6 Å². The van der Waals surface area contributed by atoms with Gasteiger partial charge in [0.25, 0.3) is 10.0 Å². The summed E-state index contributed by atoms with van der Waals surface area (Å²) in [5, 5.41) is 0. The molecule has 2 rings (SSSR count). The van der Waals surface area contributed by atoms with Crippen molar-refractivity contribution >= 4 is 33.7 Å². The summed E-state index contributed by atoms with van der Waals surface area (Å²) in [7, 11) is 0.0783. The topological polar surface area (TPSA) is 99.2 Å². The lowest BCUT2D eigenvalue weighted by Crippen LogP contribution is -2.29. The molecule has 0 aromatic heterocycles. The predicted molar refractivity (Wildman–Crippen MR) is 126 cm³/mol. The maximum absolute atomic E-state index is 13.2. The van der Waals surface area contributed by atoms with E-state index in [0.717, 1.165) is 4.31 Å². The number of methoxy groups -OCH3 is 2. The first-order chi connectivity index (χ1) is 15.3. The van der Waals surface area contributed by atoms with Crippen molar-refractivity contribution < 1.29 is 32.2 Å². The van der Waals surface area contributed by atoms with Gasteiger partial charge in [0.05, 0.1) is 30.4 Å². The number of carbonyl (C=O) groups excluding carboxylic acids is 2. The fourth-order valence-electron chi connectivity index (χ4n) is 3.11. The van der Waals surface area contributed by atoms with E-state index in [1.165, 1.54) is 51.6 Å². The minimum atomic E-state index is -3.98. The first-order valence-electron chi connectivity index (χ1n) is 10.1. The predicted octanol–water partition coefficient (Wildman–Crippen LogP) is 3.97. The van der Waals surface area contributed by atoms with Crippen LogP contribution in [0, 0.1) is 6.92 Å². The molecule has 0 atom stereocenters. The van der Waals surface area contributed by atoms with Crippen LogP contribution in [-0.2, 0) is 24.3 Å². The number of aryl methyl sites for hydroxylation is 1. The van der Waals surface area contributed by atoms with Gasteiger partial charge in [-0.3, -0.25) is 4.31 Å². The van der Waals surface area contributed by atoms with Crippen molar-refractivity contribution in [1.82, 2.24) is 0 Å². The fourth-order valence-corrected chi connectivity index (χ4v) is 4.39. The van der Waals surface area contributed by atoms with Crippen LogP contribution >= 0.6 is 0 Å². The Morgan fingerprint density at radius 3 is 2.15 bits per heavy atom. The molecule has 0 aliphatic heterocycles. The lowest BCUT2D eigenvalue weighted by atomic mass is 10.0. The number of anilines is 1. The van der Waals surface area contributed by atoms with Gasteiger partial charge in [-0.05, 0) is 81.3 Å². The standard InChI is InChI=1S/C24H29NO7S/c1-16-14-17(8-13-21(26)32-24(2,3)4)15-20(23(27)31-7)22(16)25(5)33(28,29)19-11-9-18(30-6)10-12-19/h8-15H,1-7H3. The van der Waals surface area contributed by atoms with Gasteiger partial charge in [0.2, 0.25) is 0 Å². The zero-order valence-electron chi connectivity index (χ0n) is 19.8. The summed E-state index contributed by atoms with van der Waals surface area (Å²) in [5.41, 5.74) is 0.587. The summed E-state index contributed by atoms with van der Waals surface area (Å²) in [6.07, 6.45) is 2.74. The van der Waals surface area contributed by atoms with Gasteiger partial charge in [-0.25, -0.2) is 18.0 Å². The van der Waals surface area contributed by atoms with E-state index in [1.54, 1.807) is 45.9 Å². The van der Waals surface area contributed by atoms with Crippen molar-refractivity contribution in [2.24, 2.45) is 0 Å². The number of hydrogen-bond donors (Lipinski definition) is 0. The highest BCUT2D eigenvalue weighted by Gasteiger charge is 2.27. The van der Waals surface area contributed by atoms with Crippen LogP contribution in [0.3, 0.4) is 0 Å². The molecule has 178 valence electrons. The summed E-state index contributed by atoms with van der Waals surface area (Å²) >= 11 is 0. The summed E-state index contributed by atoms with van der Waals surface area (Å²) in [4.78, 5) is 24.6. The Morgan fingerprint density at radius 2 is 1.64 bits per heavy atom. The number of nitrogens with zero attached hydrogens (tertiary/aromatic N) is 1. The average Bonchev–Trinajstić information content (AvgIpc) is 2.75. The second kappa shape index (κ2) is 10.1. The summed E-state index contributed by atoms with van der Waals surface area (Å²) in [5.74, 6) is -0.732. The molecule has 9 heteroatoms. The van der Waals surface area contributed by atoms with Crippen molar-refractivity contribution in [3.05, 3.63) is 59.2 Å². The Hall–Kier alpha value is -3.33. The molecule has 0 amide bonds. The monoisotopic (exact) mass is 475 g/mol. The number of benzene rings is 2. The van der Waals surface area contributed by atoms with Gasteiger partial charge in [0, 0.05) is 13.1 Å².